The van der Waals surface area contributed by atoms with Gasteiger partial charge in [0.2, 0.25) is 0 Å². The third-order valence-corrected chi connectivity index (χ3v) is 0. The van der Waals surface area contributed by atoms with Crippen LogP contribution in [0.1, 0.15) is 7.43 Å². The summed E-state index contributed by atoms with van der Waals surface area (Å²) < 4.78 is 33.6. The summed E-state index contributed by atoms with van der Waals surface area (Å²) in [5.74, 6) is 0. The van der Waals surface area contributed by atoms with Crippen molar-refractivity contribution in [3.63, 3.8) is 0 Å². The molecule has 0 aliphatic heterocycles. The molecule has 0 rings (SSSR count). The molecule has 0 unspecified atom stereocenters. The van der Waals surface area contributed by atoms with E-state index in [1.807, 2.05) is 0 Å². The fourth-order valence-electron chi connectivity index (χ4n) is 0. The molecule has 0 atom stereocenters. The van der Waals surface area contributed by atoms with Gasteiger partial charge in [-0.15, -0.1) is 0 Å². The molecule has 1 radical (unpaired) electrons. The molecule has 0 aromatic rings. The molecule has 0 aliphatic rings. The zero-order valence-corrected chi connectivity index (χ0v) is 12.5. The van der Waals surface area contributed by atoms with Crippen molar-refractivity contribution in [3.8, 4) is 0 Å². The van der Waals surface area contributed by atoms with Gasteiger partial charge in [0.25, 0.3) is 0 Å². The Bertz CT molecular complexity index is 82.6. The van der Waals surface area contributed by atoms with Crippen LogP contribution in [0.15, 0.2) is 0 Å². The van der Waals surface area contributed by atoms with Crippen molar-refractivity contribution in [1.82, 2.24) is 0 Å². The van der Waals surface area contributed by atoms with Crippen LogP contribution in [0.2, 0.25) is 0 Å². The molecular formula is CH10F2MnNa2O6P. The summed E-state index contributed by atoms with van der Waals surface area (Å²) in [4.78, 5) is 0. The molecule has 78 valence electrons. The summed E-state index contributed by atoms with van der Waals surface area (Å²) in [7, 11) is -1.42. The molecule has 0 amide bonds. The molecule has 0 aliphatic carbocycles. The molecule has 12 heteroatoms. The van der Waals surface area contributed by atoms with Crippen molar-refractivity contribution in [2.75, 3.05) is 0 Å². The van der Waals surface area contributed by atoms with Gasteiger partial charge in [-0.2, -0.15) is 0 Å². The van der Waals surface area contributed by atoms with Gasteiger partial charge < -0.3 is 15.7 Å². The third-order valence-electron chi connectivity index (χ3n) is 0. The average Bonchev–Trinajstić information content (AvgIpc) is 1.39. The molecule has 0 saturated heterocycles. The molecule has 0 bridgehead atoms. The topological polar surface area (TPSA) is 131 Å². The Hall–Kier alpha value is 1.80. The minimum absolute atomic E-state index is 0. The molecule has 0 aromatic carbocycles. The van der Waals surface area contributed by atoms with Crippen LogP contribution in [0, 0.1) is 0 Å². The molecule has 0 saturated carbocycles. The van der Waals surface area contributed by atoms with Crippen molar-refractivity contribution < 1.29 is 81.5 Å². The zero-order chi connectivity index (χ0) is 5.41. The predicted molar refractivity (Wildman–Crippen MR) is 33.3 cm³/mol. The van der Waals surface area contributed by atoms with Gasteiger partial charge in [-0.25, -0.2) is 9.13 Å². The van der Waals surface area contributed by atoms with E-state index in [0.29, 0.717) is 0 Å². The van der Waals surface area contributed by atoms with Gasteiger partial charge in [0.15, 0.2) is 0 Å². The summed E-state index contributed by atoms with van der Waals surface area (Å²) in [5, 5.41) is 0. The normalized spacial score (nSPS) is 1.85. The van der Waals surface area contributed by atoms with Crippen molar-refractivity contribution in [2.45, 2.75) is 7.43 Å². The SMILES string of the molecule is C.F.O.O.O=[PH]=O.[F-].[Na+].[Na].[O]=[Mn]=[O]. The maximum atomic E-state index is 8.41. The first-order chi connectivity index (χ1) is 2.83. The minimum atomic E-state index is -1.44. The van der Waals surface area contributed by atoms with Crippen LogP contribution in [0.25, 0.3) is 0 Å². The van der Waals surface area contributed by atoms with Gasteiger partial charge in [-0.1, -0.05) is 7.43 Å². The van der Waals surface area contributed by atoms with Crippen LogP contribution in [0.3, 0.4) is 0 Å². The van der Waals surface area contributed by atoms with E-state index in [9.17, 15) is 0 Å². The quantitative estimate of drug-likeness (QED) is 0.323. The molecule has 6 nitrogen and oxygen atoms in total. The number of hydrogen-bond acceptors (Lipinski definition) is 4. The van der Waals surface area contributed by atoms with E-state index in [-0.39, 0.29) is 86.9 Å². The van der Waals surface area contributed by atoms with Crippen molar-refractivity contribution in [1.29, 1.82) is 0 Å². The Morgan fingerprint density at radius 3 is 1.00 bits per heavy atom. The monoisotopic (exact) mass is 288 g/mol. The number of hydrogen-bond donors (Lipinski definition) is 0. The zero-order valence-electron chi connectivity index (χ0n) is 6.30. The summed E-state index contributed by atoms with van der Waals surface area (Å²) in [6.45, 7) is 0. The van der Waals surface area contributed by atoms with E-state index < -0.39 is 23.2 Å². The van der Waals surface area contributed by atoms with Crippen LogP contribution in [-0.4, -0.2) is 40.5 Å². The van der Waals surface area contributed by atoms with Crippen LogP contribution in [0.4, 0.5) is 4.70 Å². The van der Waals surface area contributed by atoms with Gasteiger partial charge in [-0.05, 0) is 0 Å². The van der Waals surface area contributed by atoms with Crippen LogP contribution < -0.4 is 34.3 Å². The number of rotatable bonds is 0. The van der Waals surface area contributed by atoms with E-state index in [0.717, 1.165) is 0 Å². The summed E-state index contributed by atoms with van der Waals surface area (Å²) in [6, 6.07) is 0. The van der Waals surface area contributed by atoms with E-state index in [1.165, 1.54) is 0 Å². The van der Waals surface area contributed by atoms with E-state index in [4.69, 9.17) is 16.8 Å². The third kappa shape index (κ3) is 593. The Morgan fingerprint density at radius 2 is 1.00 bits per heavy atom. The fourth-order valence-corrected chi connectivity index (χ4v) is 0. The Kier molecular flexibility index (Phi) is 1010. The Morgan fingerprint density at radius 1 is 1.00 bits per heavy atom. The second kappa shape index (κ2) is 157. The summed E-state index contributed by atoms with van der Waals surface area (Å²) in [5.41, 5.74) is 0. The first-order valence-corrected chi connectivity index (χ1v) is 2.50. The van der Waals surface area contributed by atoms with Gasteiger partial charge in [-0.3, -0.25) is 4.70 Å². The Labute approximate surface area is 125 Å². The van der Waals surface area contributed by atoms with Gasteiger partial charge in [0, 0.05) is 29.6 Å². The standard InChI is InChI=1S/CH4.2FH.Mn.2Na.HO2P.2H2O.2O/c;;;;;;1-3-2;;;;/h1H4;2*1H;;;;3H;2*1H2;;/q;;;;;+1;;;;;/p-1. The molecule has 13 heavy (non-hydrogen) atoms. The van der Waals surface area contributed by atoms with Gasteiger partial charge in [0.05, 0.1) is 0 Å². The fraction of sp³-hybridized carbons (Fsp3) is 1.00. The van der Waals surface area contributed by atoms with Crippen molar-refractivity contribution in [2.24, 2.45) is 0 Å². The Balaban J connectivity index is -0.00000000229. The predicted octanol–water partition coefficient (Wildman–Crippen LogP) is -7.12. The van der Waals surface area contributed by atoms with Crippen LogP contribution in [0.5, 0.6) is 0 Å². The maximum absolute atomic E-state index is 8.41. The van der Waals surface area contributed by atoms with E-state index in [1.54, 1.807) is 0 Å². The van der Waals surface area contributed by atoms with Gasteiger partial charge >= 0.3 is 60.4 Å². The van der Waals surface area contributed by atoms with Crippen molar-refractivity contribution >= 4 is 37.9 Å². The summed E-state index contributed by atoms with van der Waals surface area (Å²) in [6.07, 6.45) is 0. The summed E-state index contributed by atoms with van der Waals surface area (Å²) >= 11 is -1.44. The number of halogens is 2. The molecule has 4 N–H and O–H groups in total. The van der Waals surface area contributed by atoms with Crippen LogP contribution >= 0.6 is 8.34 Å². The molecular weight excluding hydrogens is 278 g/mol. The van der Waals surface area contributed by atoms with Crippen molar-refractivity contribution in [3.05, 3.63) is 0 Å². The first kappa shape index (κ1) is 83.8. The van der Waals surface area contributed by atoms with Gasteiger partial charge in [0.1, 0.15) is 0 Å². The first-order valence-electron chi connectivity index (χ1n) is 0.717. The average molecular weight is 288 g/mol. The van der Waals surface area contributed by atoms with E-state index in [2.05, 4.69) is 0 Å². The van der Waals surface area contributed by atoms with Crippen LogP contribution in [-0.2, 0) is 31.6 Å². The molecule has 0 aromatic heterocycles. The molecule has 0 spiro atoms. The molecule has 0 heterocycles. The second-order valence-corrected chi connectivity index (χ2v) is 0.510. The molecule has 0 fully saturated rings. The van der Waals surface area contributed by atoms with E-state index >= 15 is 0 Å². The second-order valence-electron chi connectivity index (χ2n) is 0.146.